The number of aromatic nitrogens is 3. The second-order valence-corrected chi connectivity index (χ2v) is 5.98. The van der Waals surface area contributed by atoms with Gasteiger partial charge in [-0.05, 0) is 44.5 Å². The molecule has 2 atom stereocenters. The number of hydrogen-bond acceptors (Lipinski definition) is 2. The van der Waals surface area contributed by atoms with Crippen molar-refractivity contribution in [1.82, 2.24) is 14.5 Å². The Morgan fingerprint density at radius 2 is 1.90 bits per heavy atom. The third-order valence-electron chi connectivity index (χ3n) is 3.80. The van der Waals surface area contributed by atoms with Crippen LogP contribution in [0.3, 0.4) is 0 Å². The van der Waals surface area contributed by atoms with Gasteiger partial charge >= 0.3 is 0 Å². The average molecular weight is 300 g/mol. The lowest BCUT2D eigenvalue weighted by Gasteiger charge is -2.19. The molecule has 0 aliphatic rings. The van der Waals surface area contributed by atoms with Gasteiger partial charge in [-0.3, -0.25) is 4.98 Å². The molecule has 2 aromatic heterocycles. The number of benzene rings is 1. The maximum atomic E-state index is 6.36. The molecule has 3 aromatic rings. The van der Waals surface area contributed by atoms with Crippen LogP contribution < -0.4 is 0 Å². The number of hydrogen-bond donors (Lipinski definition) is 0. The molecular weight excluding hydrogens is 282 g/mol. The van der Waals surface area contributed by atoms with Gasteiger partial charge in [-0.1, -0.05) is 18.2 Å². The number of aryl methyl sites for hydroxylation is 1. The van der Waals surface area contributed by atoms with E-state index in [0.29, 0.717) is 0 Å². The number of fused-ring (bicyclic) bond motifs is 1. The van der Waals surface area contributed by atoms with Crippen LogP contribution in [0.2, 0.25) is 0 Å². The third-order valence-corrected chi connectivity index (χ3v) is 3.99. The molecule has 108 valence electrons. The van der Waals surface area contributed by atoms with Gasteiger partial charge in [0.15, 0.2) is 0 Å². The molecular formula is C17H18ClN3. The fraction of sp³-hybridized carbons (Fsp3) is 0.294. The molecule has 2 unspecified atom stereocenters. The molecule has 0 spiro atoms. The number of rotatable bonds is 3. The summed E-state index contributed by atoms with van der Waals surface area (Å²) in [5.74, 6) is 0.888. The largest absolute Gasteiger partial charge is 0.318 e. The van der Waals surface area contributed by atoms with Crippen molar-refractivity contribution in [1.29, 1.82) is 0 Å². The van der Waals surface area contributed by atoms with Gasteiger partial charge in [-0.25, -0.2) is 4.98 Å². The number of imidazole rings is 1. The molecule has 3 rings (SSSR count). The van der Waals surface area contributed by atoms with E-state index in [-0.39, 0.29) is 11.4 Å². The third kappa shape index (κ3) is 2.42. The molecule has 4 heteroatoms. The van der Waals surface area contributed by atoms with E-state index >= 15 is 0 Å². The molecule has 0 fully saturated rings. The maximum absolute atomic E-state index is 6.36. The van der Waals surface area contributed by atoms with Crippen LogP contribution in [0.4, 0.5) is 0 Å². The van der Waals surface area contributed by atoms with Gasteiger partial charge < -0.3 is 4.57 Å². The first-order valence-corrected chi connectivity index (χ1v) is 7.55. The first-order valence-electron chi connectivity index (χ1n) is 7.12. The summed E-state index contributed by atoms with van der Waals surface area (Å²) in [5, 5.41) is -0.150. The molecule has 0 radical (unpaired) electrons. The van der Waals surface area contributed by atoms with Crippen LogP contribution in [0.15, 0.2) is 42.6 Å². The van der Waals surface area contributed by atoms with Crippen LogP contribution in [-0.2, 0) is 0 Å². The van der Waals surface area contributed by atoms with Crippen molar-refractivity contribution in [3.05, 3.63) is 59.7 Å². The smallest absolute Gasteiger partial charge is 0.128 e. The average Bonchev–Trinajstić information content (AvgIpc) is 2.88. The zero-order valence-electron chi connectivity index (χ0n) is 12.4. The molecule has 21 heavy (non-hydrogen) atoms. The molecule has 0 saturated heterocycles. The number of halogens is 1. The zero-order valence-corrected chi connectivity index (χ0v) is 13.2. The summed E-state index contributed by atoms with van der Waals surface area (Å²) in [6, 6.07) is 12.2. The summed E-state index contributed by atoms with van der Waals surface area (Å²) in [5.41, 5.74) is 4.34. The first kappa shape index (κ1) is 14.1. The Balaban J connectivity index is 2.27. The molecule has 0 aliphatic heterocycles. The van der Waals surface area contributed by atoms with Crippen molar-refractivity contribution in [2.45, 2.75) is 32.2 Å². The minimum absolute atomic E-state index is 0.0912. The summed E-state index contributed by atoms with van der Waals surface area (Å²) < 4.78 is 2.21. The van der Waals surface area contributed by atoms with Crippen LogP contribution in [-0.4, -0.2) is 14.5 Å². The first-order chi connectivity index (χ1) is 10.1. The van der Waals surface area contributed by atoms with Gasteiger partial charge in [-0.15, -0.1) is 11.6 Å². The Hall–Kier alpha value is -1.87. The van der Waals surface area contributed by atoms with Crippen LogP contribution in [0, 0.1) is 6.92 Å². The number of alkyl halides is 1. The van der Waals surface area contributed by atoms with Crippen LogP contribution >= 0.6 is 11.6 Å². The van der Waals surface area contributed by atoms with Gasteiger partial charge in [0.2, 0.25) is 0 Å². The predicted octanol–water partition coefficient (Wildman–Crippen LogP) is 4.65. The Bertz CT molecular complexity index is 762. The zero-order chi connectivity index (χ0) is 15.0. The van der Waals surface area contributed by atoms with Gasteiger partial charge in [0, 0.05) is 6.20 Å². The quantitative estimate of drug-likeness (QED) is 0.659. The standard InChI is InChI=1S/C17H18ClN3/c1-11-7-6-9-15-16(11)21(17(20-15)12(2)18)13(3)14-8-4-5-10-19-14/h4-10,12-13H,1-3H3. The fourth-order valence-corrected chi connectivity index (χ4v) is 2.92. The van der Waals surface area contributed by atoms with Crippen molar-refractivity contribution in [2.75, 3.05) is 0 Å². The highest BCUT2D eigenvalue weighted by Gasteiger charge is 2.21. The molecule has 2 heterocycles. The van der Waals surface area contributed by atoms with Crippen molar-refractivity contribution < 1.29 is 0 Å². The van der Waals surface area contributed by atoms with E-state index in [0.717, 1.165) is 22.6 Å². The number of para-hydroxylation sites is 1. The summed E-state index contributed by atoms with van der Waals surface area (Å²) in [7, 11) is 0. The van der Waals surface area contributed by atoms with E-state index in [1.165, 1.54) is 5.56 Å². The van der Waals surface area contributed by atoms with Crippen molar-refractivity contribution in [3.8, 4) is 0 Å². The lowest BCUT2D eigenvalue weighted by atomic mass is 10.1. The van der Waals surface area contributed by atoms with Gasteiger partial charge in [0.25, 0.3) is 0 Å². The van der Waals surface area contributed by atoms with Crippen LogP contribution in [0.1, 0.15) is 42.3 Å². The number of nitrogens with zero attached hydrogens (tertiary/aromatic N) is 3. The Labute approximate surface area is 129 Å². The van der Waals surface area contributed by atoms with Crippen molar-refractivity contribution in [3.63, 3.8) is 0 Å². The topological polar surface area (TPSA) is 30.7 Å². The monoisotopic (exact) mass is 299 g/mol. The van der Waals surface area contributed by atoms with E-state index in [1.807, 2.05) is 43.5 Å². The second kappa shape index (κ2) is 5.49. The molecule has 3 nitrogen and oxygen atoms in total. The highest BCUT2D eigenvalue weighted by atomic mass is 35.5. The summed E-state index contributed by atoms with van der Waals surface area (Å²) in [6.07, 6.45) is 1.82. The second-order valence-electron chi connectivity index (χ2n) is 5.33. The molecule has 0 bridgehead atoms. The van der Waals surface area contributed by atoms with E-state index < -0.39 is 0 Å². The minimum atomic E-state index is -0.150. The predicted molar refractivity (Wildman–Crippen MR) is 86.8 cm³/mol. The Morgan fingerprint density at radius 1 is 1.10 bits per heavy atom. The summed E-state index contributed by atoms with van der Waals surface area (Å²) >= 11 is 6.36. The normalized spacial score (nSPS) is 14.3. The van der Waals surface area contributed by atoms with Gasteiger partial charge in [0.05, 0.1) is 28.1 Å². The number of pyridine rings is 1. The van der Waals surface area contributed by atoms with Crippen LogP contribution in [0.25, 0.3) is 11.0 Å². The fourth-order valence-electron chi connectivity index (χ4n) is 2.77. The lowest BCUT2D eigenvalue weighted by molar-refractivity contribution is 0.602. The minimum Gasteiger partial charge on any atom is -0.318 e. The Kier molecular flexibility index (Phi) is 3.68. The van der Waals surface area contributed by atoms with Gasteiger partial charge in [0.1, 0.15) is 5.82 Å². The molecule has 1 aromatic carbocycles. The van der Waals surface area contributed by atoms with E-state index in [4.69, 9.17) is 16.6 Å². The van der Waals surface area contributed by atoms with E-state index in [2.05, 4.69) is 29.5 Å². The van der Waals surface area contributed by atoms with Gasteiger partial charge in [-0.2, -0.15) is 0 Å². The Morgan fingerprint density at radius 3 is 2.57 bits per heavy atom. The SMILES string of the molecule is Cc1cccc2nc(C(C)Cl)n(C(C)c3ccccn3)c12. The summed E-state index contributed by atoms with van der Waals surface area (Å²) in [6.45, 7) is 6.20. The molecule has 0 N–H and O–H groups in total. The highest BCUT2D eigenvalue weighted by molar-refractivity contribution is 6.20. The molecule has 0 aliphatic carbocycles. The molecule has 0 amide bonds. The lowest BCUT2D eigenvalue weighted by Crippen LogP contribution is -2.12. The summed E-state index contributed by atoms with van der Waals surface area (Å²) in [4.78, 5) is 9.20. The maximum Gasteiger partial charge on any atom is 0.128 e. The van der Waals surface area contributed by atoms with Crippen LogP contribution in [0.5, 0.6) is 0 Å². The highest BCUT2D eigenvalue weighted by Crippen LogP contribution is 2.31. The molecule has 0 saturated carbocycles. The van der Waals surface area contributed by atoms with Crippen molar-refractivity contribution >= 4 is 22.6 Å². The van der Waals surface area contributed by atoms with Crippen molar-refractivity contribution in [2.24, 2.45) is 0 Å². The van der Waals surface area contributed by atoms with E-state index in [9.17, 15) is 0 Å². The van der Waals surface area contributed by atoms with E-state index in [1.54, 1.807) is 0 Å².